The van der Waals surface area contributed by atoms with Gasteiger partial charge in [0.05, 0.1) is 12.0 Å². The number of anilines is 1. The van der Waals surface area contributed by atoms with Crippen molar-refractivity contribution in [2.24, 2.45) is 0 Å². The molecule has 1 heterocycles. The first kappa shape index (κ1) is 23.0. The number of sulfonamides is 1. The van der Waals surface area contributed by atoms with Crippen LogP contribution in [0.2, 0.25) is 0 Å². The Morgan fingerprint density at radius 1 is 0.879 bits per heavy atom. The number of carbonyl (C=O) groups excluding carboxylic acids is 1. The highest BCUT2D eigenvalue weighted by Crippen LogP contribution is 2.19. The van der Waals surface area contributed by atoms with Gasteiger partial charge in [0, 0.05) is 44.0 Å². The van der Waals surface area contributed by atoms with Crippen molar-refractivity contribution in [3.8, 4) is 5.75 Å². The van der Waals surface area contributed by atoms with E-state index >= 15 is 0 Å². The summed E-state index contributed by atoms with van der Waals surface area (Å²) in [4.78, 5) is 15.1. The van der Waals surface area contributed by atoms with E-state index in [0.717, 1.165) is 11.3 Å². The Hall–Kier alpha value is -3.20. The number of nitrogens with zero attached hydrogens (tertiary/aromatic N) is 2. The minimum absolute atomic E-state index is 0.175. The maximum absolute atomic E-state index is 12.8. The molecule has 0 spiro atoms. The zero-order chi connectivity index (χ0) is 23.3. The maximum Gasteiger partial charge on any atom is 0.255 e. The van der Waals surface area contributed by atoms with E-state index < -0.39 is 10.0 Å². The molecule has 8 heteroatoms. The van der Waals surface area contributed by atoms with Crippen LogP contribution in [0.3, 0.4) is 0 Å². The van der Waals surface area contributed by atoms with Crippen LogP contribution < -0.4 is 10.1 Å². The molecule has 1 N–H and O–H groups in total. The van der Waals surface area contributed by atoms with Crippen molar-refractivity contribution in [1.82, 2.24) is 9.21 Å². The summed E-state index contributed by atoms with van der Waals surface area (Å²) in [7, 11) is -1.85. The van der Waals surface area contributed by atoms with E-state index in [9.17, 15) is 13.2 Å². The number of piperazine rings is 1. The number of nitrogens with one attached hydrogen (secondary N) is 1. The van der Waals surface area contributed by atoms with E-state index in [2.05, 4.69) is 10.2 Å². The van der Waals surface area contributed by atoms with Gasteiger partial charge in [-0.15, -0.1) is 0 Å². The van der Waals surface area contributed by atoms with Crippen LogP contribution in [0, 0.1) is 0 Å². The molecule has 0 unspecified atom stereocenters. The molecular formula is C25H27N3O4S. The van der Waals surface area contributed by atoms with Crippen LogP contribution in [-0.2, 0) is 16.6 Å². The zero-order valence-corrected chi connectivity index (χ0v) is 19.3. The predicted molar refractivity (Wildman–Crippen MR) is 128 cm³/mol. The Labute approximate surface area is 194 Å². The van der Waals surface area contributed by atoms with E-state index in [1.165, 1.54) is 0 Å². The number of ether oxygens (including phenoxy) is 1. The lowest BCUT2D eigenvalue weighted by Crippen LogP contribution is -2.48. The first-order valence-electron chi connectivity index (χ1n) is 10.8. The first-order valence-corrected chi connectivity index (χ1v) is 12.2. The lowest BCUT2D eigenvalue weighted by molar-refractivity contribution is 0.102. The van der Waals surface area contributed by atoms with Gasteiger partial charge in [-0.25, -0.2) is 8.42 Å². The number of rotatable bonds is 7. The third kappa shape index (κ3) is 5.60. The first-order chi connectivity index (χ1) is 16.0. The molecule has 1 aliphatic heterocycles. The molecule has 1 fully saturated rings. The van der Waals surface area contributed by atoms with Crippen molar-refractivity contribution < 1.29 is 17.9 Å². The van der Waals surface area contributed by atoms with Crippen LogP contribution in [0.1, 0.15) is 15.9 Å². The summed E-state index contributed by atoms with van der Waals surface area (Å²) in [6.45, 7) is 2.94. The summed E-state index contributed by atoms with van der Waals surface area (Å²) in [5, 5.41) is 2.88. The van der Waals surface area contributed by atoms with Crippen LogP contribution in [-0.4, -0.2) is 56.8 Å². The van der Waals surface area contributed by atoms with E-state index in [0.29, 0.717) is 48.9 Å². The molecule has 1 amide bonds. The summed E-state index contributed by atoms with van der Waals surface area (Å²) in [5.74, 6) is 0.558. The van der Waals surface area contributed by atoms with Crippen LogP contribution in [0.15, 0.2) is 83.8 Å². The number of benzene rings is 3. The summed E-state index contributed by atoms with van der Waals surface area (Å²) in [5.41, 5.74) is 2.36. The molecule has 4 rings (SSSR count). The molecule has 0 saturated carbocycles. The van der Waals surface area contributed by atoms with Crippen molar-refractivity contribution in [1.29, 1.82) is 0 Å². The molecule has 3 aromatic carbocycles. The van der Waals surface area contributed by atoms with Gasteiger partial charge in [0.15, 0.2) is 0 Å². The van der Waals surface area contributed by atoms with Gasteiger partial charge in [0.2, 0.25) is 10.0 Å². The average Bonchev–Trinajstić information content (AvgIpc) is 2.86. The van der Waals surface area contributed by atoms with Gasteiger partial charge in [-0.05, 0) is 54.1 Å². The fourth-order valence-electron chi connectivity index (χ4n) is 3.77. The summed E-state index contributed by atoms with van der Waals surface area (Å²) in [6, 6.07) is 23.2. The monoisotopic (exact) mass is 465 g/mol. The van der Waals surface area contributed by atoms with Gasteiger partial charge in [-0.3, -0.25) is 9.69 Å². The van der Waals surface area contributed by atoms with Crippen LogP contribution >= 0.6 is 0 Å². The highest BCUT2D eigenvalue weighted by molar-refractivity contribution is 7.89. The minimum Gasteiger partial charge on any atom is -0.497 e. The standard InChI is InChI=1S/C25H27N3O4S/c1-32-23-13-11-22(12-14-23)26-25(29)21-9-7-20(8-10-21)19-27-15-17-28(18-16-27)33(30,31)24-5-3-2-4-6-24/h2-14H,15-19H2,1H3,(H,26,29). The van der Waals surface area contributed by atoms with Gasteiger partial charge >= 0.3 is 0 Å². The fraction of sp³-hybridized carbons (Fsp3) is 0.240. The summed E-state index contributed by atoms with van der Waals surface area (Å²) in [6.07, 6.45) is 0. The van der Waals surface area contributed by atoms with Gasteiger partial charge in [0.25, 0.3) is 5.91 Å². The van der Waals surface area contributed by atoms with E-state index in [4.69, 9.17) is 4.74 Å². The van der Waals surface area contributed by atoms with Crippen molar-refractivity contribution in [3.63, 3.8) is 0 Å². The fourth-order valence-corrected chi connectivity index (χ4v) is 5.21. The quantitative estimate of drug-likeness (QED) is 0.578. The minimum atomic E-state index is -3.45. The molecule has 1 saturated heterocycles. The Bertz CT molecular complexity index is 1170. The van der Waals surface area contributed by atoms with Gasteiger partial charge in [-0.2, -0.15) is 4.31 Å². The Morgan fingerprint density at radius 2 is 1.52 bits per heavy atom. The van der Waals surface area contributed by atoms with Crippen LogP contribution in [0.4, 0.5) is 5.69 Å². The Kier molecular flexibility index (Phi) is 7.08. The molecule has 1 aliphatic rings. The second kappa shape index (κ2) is 10.2. The molecule has 3 aromatic rings. The normalized spacial score (nSPS) is 15.2. The molecule has 33 heavy (non-hydrogen) atoms. The zero-order valence-electron chi connectivity index (χ0n) is 18.5. The third-order valence-electron chi connectivity index (χ3n) is 5.68. The second-order valence-corrected chi connectivity index (χ2v) is 9.81. The van der Waals surface area contributed by atoms with Crippen molar-refractivity contribution in [3.05, 3.63) is 90.0 Å². The number of hydrogen-bond acceptors (Lipinski definition) is 5. The molecule has 0 bridgehead atoms. The van der Waals surface area contributed by atoms with Crippen LogP contribution in [0.5, 0.6) is 5.75 Å². The lowest BCUT2D eigenvalue weighted by Gasteiger charge is -2.34. The van der Waals surface area contributed by atoms with Crippen molar-refractivity contribution in [2.45, 2.75) is 11.4 Å². The number of carbonyl (C=O) groups is 1. The highest BCUT2D eigenvalue weighted by Gasteiger charge is 2.28. The molecule has 0 aliphatic carbocycles. The highest BCUT2D eigenvalue weighted by atomic mass is 32.2. The van der Waals surface area contributed by atoms with Crippen molar-refractivity contribution in [2.75, 3.05) is 38.6 Å². The Balaban J connectivity index is 1.30. The lowest BCUT2D eigenvalue weighted by atomic mass is 10.1. The Morgan fingerprint density at radius 3 is 2.12 bits per heavy atom. The molecular weight excluding hydrogens is 438 g/mol. The summed E-state index contributed by atoms with van der Waals surface area (Å²) < 4.78 is 32.2. The average molecular weight is 466 g/mol. The number of amides is 1. The van der Waals surface area contributed by atoms with Crippen molar-refractivity contribution >= 4 is 21.6 Å². The second-order valence-electron chi connectivity index (χ2n) is 7.87. The van der Waals surface area contributed by atoms with E-state index in [1.54, 1.807) is 59.9 Å². The molecule has 7 nitrogen and oxygen atoms in total. The van der Waals surface area contributed by atoms with Gasteiger partial charge < -0.3 is 10.1 Å². The summed E-state index contributed by atoms with van der Waals surface area (Å²) >= 11 is 0. The topological polar surface area (TPSA) is 79.0 Å². The number of methoxy groups -OCH3 is 1. The van der Waals surface area contributed by atoms with Gasteiger partial charge in [-0.1, -0.05) is 30.3 Å². The SMILES string of the molecule is COc1ccc(NC(=O)c2ccc(CN3CCN(S(=O)(=O)c4ccccc4)CC3)cc2)cc1. The van der Waals surface area contributed by atoms with Crippen LogP contribution in [0.25, 0.3) is 0 Å². The predicted octanol–water partition coefficient (Wildman–Crippen LogP) is 3.45. The third-order valence-corrected chi connectivity index (χ3v) is 7.60. The van der Waals surface area contributed by atoms with E-state index in [1.807, 2.05) is 30.3 Å². The molecule has 0 radical (unpaired) electrons. The number of hydrogen-bond donors (Lipinski definition) is 1. The molecule has 0 aromatic heterocycles. The molecule has 0 atom stereocenters. The van der Waals surface area contributed by atoms with E-state index in [-0.39, 0.29) is 5.91 Å². The molecule has 172 valence electrons. The van der Waals surface area contributed by atoms with Gasteiger partial charge in [0.1, 0.15) is 5.75 Å². The maximum atomic E-state index is 12.8. The smallest absolute Gasteiger partial charge is 0.255 e. The largest absolute Gasteiger partial charge is 0.497 e.